The zero-order valence-corrected chi connectivity index (χ0v) is 13.3. The van der Waals surface area contributed by atoms with Gasteiger partial charge in [0.05, 0.1) is 6.04 Å². The second kappa shape index (κ2) is 7.39. The average molecular weight is 335 g/mol. The van der Waals surface area contributed by atoms with Gasteiger partial charge in [0.2, 0.25) is 5.91 Å². The number of carbonyl (C=O) groups is 2. The molecule has 1 aromatic carbocycles. The number of fused-ring (bicyclic) bond motifs is 1. The number of aliphatic hydroxyl groups is 1. The highest BCUT2D eigenvalue weighted by molar-refractivity contribution is 5.97. The van der Waals surface area contributed by atoms with Gasteiger partial charge in [-0.1, -0.05) is 0 Å². The third kappa shape index (κ3) is 3.70. The Balaban J connectivity index is 1.59. The Hall–Kier alpha value is -2.48. The van der Waals surface area contributed by atoms with Crippen molar-refractivity contribution in [3.05, 3.63) is 18.2 Å². The van der Waals surface area contributed by atoms with Gasteiger partial charge in [-0.15, -0.1) is 0 Å². The van der Waals surface area contributed by atoms with E-state index in [4.69, 9.17) is 14.6 Å². The molecule has 1 saturated heterocycles. The fourth-order valence-electron chi connectivity index (χ4n) is 2.77. The maximum absolute atomic E-state index is 12.2. The van der Waals surface area contributed by atoms with E-state index in [1.807, 2.05) is 6.07 Å². The largest absolute Gasteiger partial charge is 0.486 e. The second-order valence-corrected chi connectivity index (χ2v) is 5.71. The molecule has 0 radical (unpaired) electrons. The Kier molecular flexibility index (Phi) is 5.05. The molecule has 2 heterocycles. The molecule has 2 aliphatic heterocycles. The van der Waals surface area contributed by atoms with Crippen molar-refractivity contribution in [1.29, 1.82) is 0 Å². The van der Waals surface area contributed by atoms with Crippen LogP contribution >= 0.6 is 0 Å². The van der Waals surface area contributed by atoms with Crippen molar-refractivity contribution < 1.29 is 24.2 Å². The first-order valence-corrected chi connectivity index (χ1v) is 8.02. The Morgan fingerprint density at radius 2 is 2.08 bits per heavy atom. The number of aliphatic hydroxyl groups excluding tert-OH is 1. The first kappa shape index (κ1) is 16.4. The van der Waals surface area contributed by atoms with Crippen molar-refractivity contribution in [2.75, 3.05) is 37.8 Å². The number of hydrogen-bond acceptors (Lipinski definition) is 5. The third-order valence-electron chi connectivity index (χ3n) is 3.92. The van der Waals surface area contributed by atoms with Crippen molar-refractivity contribution in [2.45, 2.75) is 18.9 Å². The molecule has 3 amide bonds. The van der Waals surface area contributed by atoms with Crippen LogP contribution in [-0.2, 0) is 4.79 Å². The first-order valence-electron chi connectivity index (χ1n) is 8.02. The molecule has 3 rings (SSSR count). The molecule has 8 heteroatoms. The lowest BCUT2D eigenvalue weighted by molar-refractivity contribution is -0.117. The summed E-state index contributed by atoms with van der Waals surface area (Å²) < 4.78 is 11.0. The van der Waals surface area contributed by atoms with Gasteiger partial charge in [0.25, 0.3) is 0 Å². The summed E-state index contributed by atoms with van der Waals surface area (Å²) in [5.41, 5.74) is 0.731. The Labute approximate surface area is 139 Å². The minimum absolute atomic E-state index is 0.0279. The molecular formula is C16H21N3O5. The fraction of sp³-hybridized carbons (Fsp3) is 0.500. The first-order chi connectivity index (χ1) is 11.7. The minimum Gasteiger partial charge on any atom is -0.486 e. The van der Waals surface area contributed by atoms with Crippen molar-refractivity contribution in [3.8, 4) is 11.5 Å². The van der Waals surface area contributed by atoms with E-state index in [-0.39, 0.29) is 31.0 Å². The van der Waals surface area contributed by atoms with Crippen molar-refractivity contribution >= 4 is 17.6 Å². The summed E-state index contributed by atoms with van der Waals surface area (Å²) in [6.45, 7) is 1.84. The summed E-state index contributed by atoms with van der Waals surface area (Å²) in [7, 11) is 0. The Morgan fingerprint density at radius 1 is 1.29 bits per heavy atom. The summed E-state index contributed by atoms with van der Waals surface area (Å²) in [5, 5.41) is 14.1. The van der Waals surface area contributed by atoms with Crippen LogP contribution in [-0.4, -0.2) is 56.0 Å². The zero-order valence-electron chi connectivity index (χ0n) is 13.3. The number of rotatable bonds is 5. The lowest BCUT2D eigenvalue weighted by atomic mass is 10.2. The molecule has 0 aromatic heterocycles. The number of nitrogens with zero attached hydrogens (tertiary/aromatic N) is 1. The third-order valence-corrected chi connectivity index (χ3v) is 3.92. The van der Waals surface area contributed by atoms with E-state index in [2.05, 4.69) is 10.6 Å². The van der Waals surface area contributed by atoms with E-state index in [9.17, 15) is 9.59 Å². The van der Waals surface area contributed by atoms with Gasteiger partial charge < -0.3 is 30.1 Å². The van der Waals surface area contributed by atoms with E-state index in [0.717, 1.165) is 5.69 Å². The molecule has 1 atom stereocenters. The van der Waals surface area contributed by atoms with Gasteiger partial charge in [0.15, 0.2) is 11.5 Å². The molecular weight excluding hydrogens is 314 g/mol. The van der Waals surface area contributed by atoms with Crippen molar-refractivity contribution in [2.24, 2.45) is 0 Å². The average Bonchev–Trinajstić information content (AvgIpc) is 2.95. The monoisotopic (exact) mass is 335 g/mol. The molecule has 0 saturated carbocycles. The molecule has 2 aliphatic rings. The van der Waals surface area contributed by atoms with Gasteiger partial charge >= 0.3 is 6.03 Å². The van der Waals surface area contributed by atoms with Crippen LogP contribution in [0.15, 0.2) is 18.2 Å². The molecule has 1 aromatic rings. The van der Waals surface area contributed by atoms with Gasteiger partial charge in [-0.2, -0.15) is 0 Å². The maximum Gasteiger partial charge on any atom is 0.315 e. The van der Waals surface area contributed by atoms with E-state index >= 15 is 0 Å². The number of nitrogens with one attached hydrogen (secondary N) is 2. The number of anilines is 1. The summed E-state index contributed by atoms with van der Waals surface area (Å²) in [6, 6.07) is 4.81. The lowest BCUT2D eigenvalue weighted by Crippen LogP contribution is -2.43. The normalized spacial score (nSPS) is 19.3. The van der Waals surface area contributed by atoms with Crippen LogP contribution in [0.25, 0.3) is 0 Å². The van der Waals surface area contributed by atoms with Crippen LogP contribution in [0.1, 0.15) is 12.8 Å². The van der Waals surface area contributed by atoms with E-state index in [1.54, 1.807) is 17.0 Å². The molecule has 0 aliphatic carbocycles. The van der Waals surface area contributed by atoms with Gasteiger partial charge in [-0.3, -0.25) is 4.79 Å². The number of amides is 3. The topological polar surface area (TPSA) is 100 Å². The predicted molar refractivity (Wildman–Crippen MR) is 86.4 cm³/mol. The van der Waals surface area contributed by atoms with Gasteiger partial charge in [0, 0.05) is 37.9 Å². The van der Waals surface area contributed by atoms with Crippen LogP contribution in [0.5, 0.6) is 11.5 Å². The summed E-state index contributed by atoms with van der Waals surface area (Å²) in [6.07, 6.45) is 0.752. The number of urea groups is 1. The molecule has 3 N–H and O–H groups in total. The fourth-order valence-corrected chi connectivity index (χ4v) is 2.77. The maximum atomic E-state index is 12.2. The summed E-state index contributed by atoms with van der Waals surface area (Å²) >= 11 is 0. The second-order valence-electron chi connectivity index (χ2n) is 5.71. The van der Waals surface area contributed by atoms with Gasteiger partial charge in [0.1, 0.15) is 13.2 Å². The van der Waals surface area contributed by atoms with Crippen LogP contribution in [0.3, 0.4) is 0 Å². The standard InChI is InChI=1S/C16H21N3O5/c20-5-1-4-17-16(22)18-11-8-15(21)19(10-11)12-2-3-13-14(9-12)24-7-6-23-13/h2-3,9,11,20H,1,4-8,10H2,(H2,17,18,22). The number of ether oxygens (including phenoxy) is 2. The van der Waals surface area contributed by atoms with Crippen LogP contribution in [0.4, 0.5) is 10.5 Å². The molecule has 0 bridgehead atoms. The van der Waals surface area contributed by atoms with E-state index < -0.39 is 0 Å². The quantitative estimate of drug-likeness (QED) is 0.670. The van der Waals surface area contributed by atoms with Crippen molar-refractivity contribution in [3.63, 3.8) is 0 Å². The van der Waals surface area contributed by atoms with Gasteiger partial charge in [-0.05, 0) is 18.6 Å². The van der Waals surface area contributed by atoms with Gasteiger partial charge in [-0.25, -0.2) is 4.79 Å². The number of benzene rings is 1. The highest BCUT2D eigenvalue weighted by atomic mass is 16.6. The Morgan fingerprint density at radius 3 is 2.88 bits per heavy atom. The Bertz CT molecular complexity index is 622. The molecule has 130 valence electrons. The predicted octanol–water partition coefficient (Wildman–Crippen LogP) is 0.245. The highest BCUT2D eigenvalue weighted by Gasteiger charge is 2.32. The molecule has 24 heavy (non-hydrogen) atoms. The lowest BCUT2D eigenvalue weighted by Gasteiger charge is -2.22. The molecule has 1 unspecified atom stereocenters. The molecule has 1 fully saturated rings. The molecule has 8 nitrogen and oxygen atoms in total. The smallest absolute Gasteiger partial charge is 0.315 e. The van der Waals surface area contributed by atoms with Crippen molar-refractivity contribution in [1.82, 2.24) is 10.6 Å². The number of hydrogen-bond donors (Lipinski definition) is 3. The van der Waals surface area contributed by atoms with E-state index in [0.29, 0.717) is 44.2 Å². The SMILES string of the molecule is O=C(NCCCO)NC1CC(=O)N(c2ccc3c(c2)OCCO3)C1. The number of carbonyl (C=O) groups excluding carboxylic acids is 2. The molecule has 0 spiro atoms. The van der Waals surface area contributed by atoms with Crippen LogP contribution < -0.4 is 25.0 Å². The summed E-state index contributed by atoms with van der Waals surface area (Å²) in [4.78, 5) is 25.6. The van der Waals surface area contributed by atoms with Crippen LogP contribution in [0, 0.1) is 0 Å². The van der Waals surface area contributed by atoms with E-state index in [1.165, 1.54) is 0 Å². The summed E-state index contributed by atoms with van der Waals surface area (Å²) in [5.74, 6) is 1.26. The highest BCUT2D eigenvalue weighted by Crippen LogP contribution is 2.35. The minimum atomic E-state index is -0.328. The zero-order chi connectivity index (χ0) is 16.9. The van der Waals surface area contributed by atoms with Crippen LogP contribution in [0.2, 0.25) is 0 Å².